The zero-order chi connectivity index (χ0) is 17.4. The number of aryl methyl sites for hydroxylation is 2. The van der Waals surface area contributed by atoms with E-state index < -0.39 is 10.0 Å². The number of rotatable bonds is 8. The Kier molecular flexibility index (Phi) is 6.62. The van der Waals surface area contributed by atoms with E-state index >= 15 is 0 Å². The molecule has 0 aliphatic rings. The van der Waals surface area contributed by atoms with Gasteiger partial charge in [-0.15, -0.1) is 0 Å². The first-order valence-corrected chi connectivity index (χ1v) is 9.83. The van der Waals surface area contributed by atoms with Gasteiger partial charge in [0, 0.05) is 0 Å². The van der Waals surface area contributed by atoms with Crippen LogP contribution in [0, 0.1) is 6.92 Å². The summed E-state index contributed by atoms with van der Waals surface area (Å²) in [5.41, 5.74) is 2.70. The normalized spacial score (nSPS) is 11.8. The molecule has 0 aliphatic carbocycles. The van der Waals surface area contributed by atoms with Gasteiger partial charge in [-0.05, 0) is 49.9 Å². The molecule has 128 valence electrons. The van der Waals surface area contributed by atoms with Gasteiger partial charge in [0.2, 0.25) is 0 Å². The highest BCUT2D eigenvalue weighted by Crippen LogP contribution is 2.21. The lowest BCUT2D eigenvalue weighted by Crippen LogP contribution is -2.14. The van der Waals surface area contributed by atoms with E-state index in [0.717, 1.165) is 36.8 Å². The second kappa shape index (κ2) is 8.69. The first kappa shape index (κ1) is 18.3. The Morgan fingerprint density at radius 1 is 0.958 bits per heavy atom. The monoisotopic (exact) mass is 343 g/mol. The second-order valence-electron chi connectivity index (χ2n) is 5.87. The molecule has 2 rings (SSSR count). The SMILES string of the molecule is CCC/C=C/CCc1ccccc1NS(=O)(=O)c1ccc(C)cc1. The molecule has 2 aromatic rings. The summed E-state index contributed by atoms with van der Waals surface area (Å²) in [5.74, 6) is 0. The van der Waals surface area contributed by atoms with Crippen LogP contribution in [0.4, 0.5) is 5.69 Å². The Balaban J connectivity index is 2.13. The molecule has 4 heteroatoms. The lowest BCUT2D eigenvalue weighted by atomic mass is 10.1. The topological polar surface area (TPSA) is 46.2 Å². The third-order valence-electron chi connectivity index (χ3n) is 3.80. The van der Waals surface area contributed by atoms with Gasteiger partial charge in [0.05, 0.1) is 10.6 Å². The first-order valence-electron chi connectivity index (χ1n) is 8.35. The Hall–Kier alpha value is -2.07. The lowest BCUT2D eigenvalue weighted by Gasteiger charge is -2.12. The fraction of sp³-hybridized carbons (Fsp3) is 0.300. The van der Waals surface area contributed by atoms with Crippen molar-refractivity contribution < 1.29 is 8.42 Å². The summed E-state index contributed by atoms with van der Waals surface area (Å²) in [6.45, 7) is 4.09. The molecule has 0 heterocycles. The number of para-hydroxylation sites is 1. The van der Waals surface area contributed by atoms with Gasteiger partial charge >= 0.3 is 0 Å². The second-order valence-corrected chi connectivity index (χ2v) is 7.56. The number of hydrogen-bond acceptors (Lipinski definition) is 2. The summed E-state index contributed by atoms with van der Waals surface area (Å²) in [5, 5.41) is 0. The van der Waals surface area contributed by atoms with Gasteiger partial charge in [-0.1, -0.05) is 61.4 Å². The molecule has 0 aliphatic heterocycles. The van der Waals surface area contributed by atoms with E-state index in [2.05, 4.69) is 23.8 Å². The van der Waals surface area contributed by atoms with Crippen molar-refractivity contribution >= 4 is 15.7 Å². The quantitative estimate of drug-likeness (QED) is 0.679. The van der Waals surface area contributed by atoms with Crippen LogP contribution >= 0.6 is 0 Å². The Morgan fingerprint density at radius 3 is 2.33 bits per heavy atom. The van der Waals surface area contributed by atoms with Crippen LogP contribution in [0.15, 0.2) is 65.6 Å². The van der Waals surface area contributed by atoms with Crippen LogP contribution in [-0.4, -0.2) is 8.42 Å². The molecule has 0 saturated heterocycles. The highest BCUT2D eigenvalue weighted by Gasteiger charge is 2.15. The molecule has 0 spiro atoms. The van der Waals surface area contributed by atoms with Gasteiger partial charge in [-0.3, -0.25) is 4.72 Å². The lowest BCUT2D eigenvalue weighted by molar-refractivity contribution is 0.601. The smallest absolute Gasteiger partial charge is 0.261 e. The van der Waals surface area contributed by atoms with Crippen molar-refractivity contribution in [1.29, 1.82) is 0 Å². The number of anilines is 1. The number of hydrogen-bond donors (Lipinski definition) is 1. The molecule has 0 bridgehead atoms. The average molecular weight is 343 g/mol. The van der Waals surface area contributed by atoms with Crippen molar-refractivity contribution in [1.82, 2.24) is 0 Å². The summed E-state index contributed by atoms with van der Waals surface area (Å²) in [7, 11) is -3.56. The Labute approximate surface area is 145 Å². The van der Waals surface area contributed by atoms with E-state index in [1.807, 2.05) is 31.2 Å². The van der Waals surface area contributed by atoms with Crippen molar-refractivity contribution in [3.05, 3.63) is 71.8 Å². The maximum atomic E-state index is 12.6. The average Bonchev–Trinajstić information content (AvgIpc) is 2.56. The van der Waals surface area contributed by atoms with Crippen molar-refractivity contribution in [2.24, 2.45) is 0 Å². The van der Waals surface area contributed by atoms with E-state index in [4.69, 9.17) is 0 Å². The summed E-state index contributed by atoms with van der Waals surface area (Å²) >= 11 is 0. The summed E-state index contributed by atoms with van der Waals surface area (Å²) in [4.78, 5) is 0.283. The molecule has 0 atom stereocenters. The first-order chi connectivity index (χ1) is 11.5. The van der Waals surface area contributed by atoms with Crippen LogP contribution in [0.2, 0.25) is 0 Å². The van der Waals surface area contributed by atoms with Crippen LogP contribution in [-0.2, 0) is 16.4 Å². The molecule has 1 N–H and O–H groups in total. The van der Waals surface area contributed by atoms with Crippen molar-refractivity contribution in [3.63, 3.8) is 0 Å². The summed E-state index contributed by atoms with van der Waals surface area (Å²) in [6, 6.07) is 14.5. The minimum Gasteiger partial charge on any atom is -0.279 e. The van der Waals surface area contributed by atoms with Crippen LogP contribution in [0.25, 0.3) is 0 Å². The Bertz CT molecular complexity index is 778. The fourth-order valence-corrected chi connectivity index (χ4v) is 3.50. The fourth-order valence-electron chi connectivity index (χ4n) is 2.40. The molecular weight excluding hydrogens is 318 g/mol. The number of nitrogens with one attached hydrogen (secondary N) is 1. The number of sulfonamides is 1. The van der Waals surface area contributed by atoms with Crippen LogP contribution < -0.4 is 4.72 Å². The molecule has 0 fully saturated rings. The van der Waals surface area contributed by atoms with Gasteiger partial charge in [-0.25, -0.2) is 8.42 Å². The maximum Gasteiger partial charge on any atom is 0.261 e. The van der Waals surface area contributed by atoms with Crippen molar-refractivity contribution in [2.45, 2.75) is 44.4 Å². The van der Waals surface area contributed by atoms with E-state index in [9.17, 15) is 8.42 Å². The van der Waals surface area contributed by atoms with Crippen molar-refractivity contribution in [2.75, 3.05) is 4.72 Å². The third kappa shape index (κ3) is 5.24. The summed E-state index contributed by atoms with van der Waals surface area (Å²) in [6.07, 6.45) is 8.29. The van der Waals surface area contributed by atoms with Crippen molar-refractivity contribution in [3.8, 4) is 0 Å². The zero-order valence-electron chi connectivity index (χ0n) is 14.3. The third-order valence-corrected chi connectivity index (χ3v) is 5.18. The molecule has 2 aromatic carbocycles. The predicted octanol–water partition coefficient (Wildman–Crippen LogP) is 5.08. The molecule has 0 unspecified atom stereocenters. The predicted molar refractivity (Wildman–Crippen MR) is 101 cm³/mol. The maximum absolute atomic E-state index is 12.6. The molecular formula is C20H25NO2S. The van der Waals surface area contributed by atoms with Gasteiger partial charge < -0.3 is 0 Å². The van der Waals surface area contributed by atoms with Crippen LogP contribution in [0.3, 0.4) is 0 Å². The van der Waals surface area contributed by atoms with Gasteiger partial charge in [0.15, 0.2) is 0 Å². The standard InChI is InChI=1S/C20H25NO2S/c1-3-4-5-6-7-10-18-11-8-9-12-20(18)21-24(22,23)19-15-13-17(2)14-16-19/h5-6,8-9,11-16,21H,3-4,7,10H2,1-2H3/b6-5+. The highest BCUT2D eigenvalue weighted by molar-refractivity contribution is 7.92. The molecule has 0 aromatic heterocycles. The van der Waals surface area contributed by atoms with Gasteiger partial charge in [-0.2, -0.15) is 0 Å². The molecule has 0 amide bonds. The van der Waals surface area contributed by atoms with E-state index in [0.29, 0.717) is 5.69 Å². The number of benzene rings is 2. The van der Waals surface area contributed by atoms with Gasteiger partial charge in [0.25, 0.3) is 10.0 Å². The number of unbranched alkanes of at least 4 members (excludes halogenated alkanes) is 1. The zero-order valence-corrected chi connectivity index (χ0v) is 15.1. The molecule has 24 heavy (non-hydrogen) atoms. The van der Waals surface area contributed by atoms with Gasteiger partial charge in [0.1, 0.15) is 0 Å². The van der Waals surface area contributed by atoms with Crippen LogP contribution in [0.5, 0.6) is 0 Å². The Morgan fingerprint density at radius 2 is 1.62 bits per heavy atom. The number of allylic oxidation sites excluding steroid dienone is 2. The van der Waals surface area contributed by atoms with Crippen LogP contribution in [0.1, 0.15) is 37.3 Å². The minimum atomic E-state index is -3.56. The highest BCUT2D eigenvalue weighted by atomic mass is 32.2. The largest absolute Gasteiger partial charge is 0.279 e. The van der Waals surface area contributed by atoms with E-state index in [1.165, 1.54) is 0 Å². The molecule has 0 radical (unpaired) electrons. The molecule has 0 saturated carbocycles. The minimum absolute atomic E-state index is 0.283. The van der Waals surface area contributed by atoms with E-state index in [1.54, 1.807) is 24.3 Å². The summed E-state index contributed by atoms with van der Waals surface area (Å²) < 4.78 is 27.8. The van der Waals surface area contributed by atoms with E-state index in [-0.39, 0.29) is 4.90 Å². The molecule has 3 nitrogen and oxygen atoms in total.